The average Bonchev–Trinajstić information content (AvgIpc) is 2.23. The van der Waals surface area contributed by atoms with Crippen LogP contribution in [0.2, 0.25) is 0 Å². The third-order valence-electron chi connectivity index (χ3n) is 3.08. The van der Waals surface area contributed by atoms with Crippen LogP contribution in [-0.2, 0) is 10.3 Å². The number of hydrogen-bond donors (Lipinski definition) is 1. The summed E-state index contributed by atoms with van der Waals surface area (Å²) in [6.45, 7) is 0. The summed E-state index contributed by atoms with van der Waals surface area (Å²) in [5.74, 6) is 0.177. The summed E-state index contributed by atoms with van der Waals surface area (Å²) in [5, 5.41) is 0. The van der Waals surface area contributed by atoms with E-state index in [1.165, 1.54) is 0 Å². The van der Waals surface area contributed by atoms with E-state index in [0.717, 1.165) is 29.3 Å². The zero-order chi connectivity index (χ0) is 10.9. The second-order valence-electron chi connectivity index (χ2n) is 4.11. The maximum absolute atomic E-state index is 11.9. The van der Waals surface area contributed by atoms with Gasteiger partial charge in [-0.2, -0.15) is 0 Å². The van der Waals surface area contributed by atoms with Crippen molar-refractivity contribution in [2.24, 2.45) is 5.73 Å². The zero-order valence-corrected chi connectivity index (χ0v) is 11.3. The van der Waals surface area contributed by atoms with Crippen molar-refractivity contribution in [1.82, 2.24) is 0 Å². The standard InChI is InChI=1S/C12H14BrNO.ClH/c13-10-6-4-9(5-7-10)12(14)8-2-1-3-11(12)15;/h4-7H,1-3,8,14H2;1H. The number of hydrogen-bond acceptors (Lipinski definition) is 2. The molecule has 0 aromatic heterocycles. The van der Waals surface area contributed by atoms with Crippen LogP contribution < -0.4 is 5.73 Å². The van der Waals surface area contributed by atoms with Crippen molar-refractivity contribution >= 4 is 34.1 Å². The van der Waals surface area contributed by atoms with Gasteiger partial charge >= 0.3 is 0 Å². The SMILES string of the molecule is Cl.NC1(c2ccc(Br)cc2)CCCCC1=O. The third-order valence-corrected chi connectivity index (χ3v) is 3.61. The second kappa shape index (κ2) is 5.30. The molecule has 1 aliphatic rings. The summed E-state index contributed by atoms with van der Waals surface area (Å²) in [6.07, 6.45) is 3.41. The summed E-state index contributed by atoms with van der Waals surface area (Å²) in [4.78, 5) is 11.9. The van der Waals surface area contributed by atoms with Gasteiger partial charge in [-0.15, -0.1) is 12.4 Å². The number of halogens is 2. The molecular weight excluding hydrogens is 289 g/mol. The smallest absolute Gasteiger partial charge is 0.157 e. The molecular formula is C12H15BrClNO. The Hall–Kier alpha value is -0.380. The van der Waals surface area contributed by atoms with Crippen LogP contribution in [0.25, 0.3) is 0 Å². The predicted octanol–water partition coefficient (Wildman–Crippen LogP) is 3.17. The van der Waals surface area contributed by atoms with Gasteiger partial charge in [0.05, 0.1) is 0 Å². The first-order chi connectivity index (χ1) is 7.13. The molecule has 88 valence electrons. The lowest BCUT2D eigenvalue weighted by Gasteiger charge is -2.32. The molecule has 1 unspecified atom stereocenters. The first-order valence-corrected chi connectivity index (χ1v) is 6.00. The molecule has 16 heavy (non-hydrogen) atoms. The topological polar surface area (TPSA) is 43.1 Å². The molecule has 2 N–H and O–H groups in total. The van der Waals surface area contributed by atoms with E-state index in [1.807, 2.05) is 24.3 Å². The fourth-order valence-corrected chi connectivity index (χ4v) is 2.37. The van der Waals surface area contributed by atoms with Crippen LogP contribution in [0.4, 0.5) is 0 Å². The minimum Gasteiger partial charge on any atom is -0.315 e. The molecule has 0 spiro atoms. The van der Waals surface area contributed by atoms with Crippen LogP contribution in [-0.4, -0.2) is 5.78 Å². The molecule has 0 bridgehead atoms. The number of Topliss-reactive ketones (excluding diaryl/α,β-unsaturated/α-hetero) is 1. The number of benzene rings is 1. The van der Waals surface area contributed by atoms with Crippen LogP contribution in [0.1, 0.15) is 31.2 Å². The molecule has 4 heteroatoms. The molecule has 2 rings (SSSR count). The van der Waals surface area contributed by atoms with E-state index >= 15 is 0 Å². The molecule has 1 saturated carbocycles. The first-order valence-electron chi connectivity index (χ1n) is 5.21. The molecule has 1 aliphatic carbocycles. The van der Waals surface area contributed by atoms with E-state index in [2.05, 4.69) is 15.9 Å². The van der Waals surface area contributed by atoms with E-state index in [0.29, 0.717) is 6.42 Å². The number of ketones is 1. The van der Waals surface area contributed by atoms with Crippen molar-refractivity contribution in [2.75, 3.05) is 0 Å². The summed E-state index contributed by atoms with van der Waals surface area (Å²) >= 11 is 3.38. The lowest BCUT2D eigenvalue weighted by molar-refractivity contribution is -0.126. The van der Waals surface area contributed by atoms with Crippen molar-refractivity contribution in [1.29, 1.82) is 0 Å². The summed E-state index contributed by atoms with van der Waals surface area (Å²) < 4.78 is 1.01. The van der Waals surface area contributed by atoms with Crippen LogP contribution in [0.3, 0.4) is 0 Å². The monoisotopic (exact) mass is 303 g/mol. The largest absolute Gasteiger partial charge is 0.315 e. The van der Waals surface area contributed by atoms with Crippen molar-refractivity contribution in [3.8, 4) is 0 Å². The maximum atomic E-state index is 11.9. The van der Waals surface area contributed by atoms with Gasteiger partial charge in [-0.25, -0.2) is 0 Å². The lowest BCUT2D eigenvalue weighted by Crippen LogP contribution is -2.46. The van der Waals surface area contributed by atoms with Crippen molar-refractivity contribution in [3.63, 3.8) is 0 Å². The van der Waals surface area contributed by atoms with Gasteiger partial charge < -0.3 is 5.73 Å². The number of nitrogens with two attached hydrogens (primary N) is 1. The quantitative estimate of drug-likeness (QED) is 0.866. The highest BCUT2D eigenvalue weighted by Crippen LogP contribution is 2.32. The maximum Gasteiger partial charge on any atom is 0.157 e. The zero-order valence-electron chi connectivity index (χ0n) is 8.91. The van der Waals surface area contributed by atoms with E-state index < -0.39 is 5.54 Å². The Labute approximate surface area is 110 Å². The van der Waals surface area contributed by atoms with E-state index in [1.54, 1.807) is 0 Å². The van der Waals surface area contributed by atoms with Crippen LogP contribution in [0.15, 0.2) is 28.7 Å². The van der Waals surface area contributed by atoms with Crippen LogP contribution in [0.5, 0.6) is 0 Å². The van der Waals surface area contributed by atoms with Gasteiger partial charge in [0, 0.05) is 10.9 Å². The highest BCUT2D eigenvalue weighted by molar-refractivity contribution is 9.10. The number of carbonyl (C=O) groups is 1. The van der Waals surface area contributed by atoms with Gasteiger partial charge in [-0.3, -0.25) is 4.79 Å². The van der Waals surface area contributed by atoms with E-state index in [9.17, 15) is 4.79 Å². The number of carbonyl (C=O) groups excluding carboxylic acids is 1. The normalized spacial score (nSPS) is 25.0. The van der Waals surface area contributed by atoms with Crippen LogP contribution in [0, 0.1) is 0 Å². The van der Waals surface area contributed by atoms with Crippen molar-refractivity contribution in [3.05, 3.63) is 34.3 Å². The molecule has 2 nitrogen and oxygen atoms in total. The van der Waals surface area contributed by atoms with Gasteiger partial charge in [-0.1, -0.05) is 34.5 Å². The van der Waals surface area contributed by atoms with Crippen LogP contribution >= 0.6 is 28.3 Å². The fraction of sp³-hybridized carbons (Fsp3) is 0.417. The Bertz CT molecular complexity index is 379. The van der Waals surface area contributed by atoms with Gasteiger partial charge in [0.15, 0.2) is 5.78 Å². The molecule has 0 heterocycles. The molecule has 1 aromatic rings. The lowest BCUT2D eigenvalue weighted by atomic mass is 9.76. The molecule has 0 saturated heterocycles. The fourth-order valence-electron chi connectivity index (χ4n) is 2.10. The second-order valence-corrected chi connectivity index (χ2v) is 5.02. The van der Waals surface area contributed by atoms with Gasteiger partial charge in [-0.05, 0) is 30.5 Å². The van der Waals surface area contributed by atoms with Gasteiger partial charge in [0.1, 0.15) is 5.54 Å². The van der Waals surface area contributed by atoms with Crippen molar-refractivity contribution in [2.45, 2.75) is 31.2 Å². The highest BCUT2D eigenvalue weighted by atomic mass is 79.9. The summed E-state index contributed by atoms with van der Waals surface area (Å²) in [7, 11) is 0. The Morgan fingerprint density at radius 3 is 2.38 bits per heavy atom. The predicted molar refractivity (Wildman–Crippen MR) is 70.7 cm³/mol. The molecule has 1 fully saturated rings. The minimum absolute atomic E-state index is 0. The minimum atomic E-state index is -0.737. The van der Waals surface area contributed by atoms with Gasteiger partial charge in [0.25, 0.3) is 0 Å². The summed E-state index contributed by atoms with van der Waals surface area (Å²) in [6, 6.07) is 7.75. The van der Waals surface area contributed by atoms with E-state index in [-0.39, 0.29) is 18.2 Å². The molecule has 1 aromatic carbocycles. The molecule has 1 atom stereocenters. The van der Waals surface area contributed by atoms with E-state index in [4.69, 9.17) is 5.73 Å². The third kappa shape index (κ3) is 2.47. The average molecular weight is 305 g/mol. The highest BCUT2D eigenvalue weighted by Gasteiger charge is 2.37. The Balaban J connectivity index is 0.00000128. The first kappa shape index (κ1) is 13.7. The summed E-state index contributed by atoms with van der Waals surface area (Å²) in [5.41, 5.74) is 6.41. The number of rotatable bonds is 1. The van der Waals surface area contributed by atoms with Gasteiger partial charge in [0.2, 0.25) is 0 Å². The molecule has 0 aliphatic heterocycles. The van der Waals surface area contributed by atoms with Crippen molar-refractivity contribution < 1.29 is 4.79 Å². The Morgan fingerprint density at radius 1 is 1.19 bits per heavy atom. The Kier molecular flexibility index (Phi) is 4.53. The molecule has 0 amide bonds. The Morgan fingerprint density at radius 2 is 1.81 bits per heavy atom. The molecule has 0 radical (unpaired) electrons.